The Kier molecular flexibility index (Phi) is 7.86. The summed E-state index contributed by atoms with van der Waals surface area (Å²) in [5.41, 5.74) is -0.881. The van der Waals surface area contributed by atoms with Gasteiger partial charge in [0.05, 0.1) is 6.54 Å². The number of hydrogen-bond donors (Lipinski definition) is 2. The minimum Gasteiger partial charge on any atom is -0.356 e. The van der Waals surface area contributed by atoms with E-state index in [1.807, 2.05) is 0 Å². The van der Waals surface area contributed by atoms with Gasteiger partial charge in [-0.3, -0.25) is 4.99 Å². The van der Waals surface area contributed by atoms with Gasteiger partial charge in [-0.1, -0.05) is 5.16 Å². The van der Waals surface area contributed by atoms with E-state index >= 15 is 0 Å². The first-order valence-corrected chi connectivity index (χ1v) is 7.51. The fourth-order valence-corrected chi connectivity index (χ4v) is 2.37. The maximum Gasteiger partial charge on any atom is 0.434 e. The van der Waals surface area contributed by atoms with Crippen molar-refractivity contribution in [2.24, 2.45) is 4.99 Å². The van der Waals surface area contributed by atoms with Crippen molar-refractivity contribution in [3.63, 3.8) is 0 Å². The third-order valence-corrected chi connectivity index (χ3v) is 3.52. The Bertz CT molecular complexity index is 672. The largest absolute Gasteiger partial charge is 0.434 e. The van der Waals surface area contributed by atoms with Gasteiger partial charge in [0.1, 0.15) is 5.01 Å². The zero-order valence-corrected chi connectivity index (χ0v) is 16.0. The molecule has 0 aromatic carbocycles. The second kappa shape index (κ2) is 9.15. The summed E-state index contributed by atoms with van der Waals surface area (Å²) in [5, 5.41) is 10.9. The van der Waals surface area contributed by atoms with Crippen molar-refractivity contribution in [3.8, 4) is 0 Å². The Morgan fingerprint density at radius 3 is 2.62 bits per heavy atom. The van der Waals surface area contributed by atoms with E-state index in [1.54, 1.807) is 14.0 Å². The van der Waals surface area contributed by atoms with Crippen molar-refractivity contribution in [1.29, 1.82) is 0 Å². The molecule has 12 heteroatoms. The van der Waals surface area contributed by atoms with Crippen molar-refractivity contribution < 1.29 is 17.7 Å². The topological polar surface area (TPSA) is 88.2 Å². The van der Waals surface area contributed by atoms with Crippen LogP contribution < -0.4 is 10.6 Å². The molecule has 0 fully saturated rings. The van der Waals surface area contributed by atoms with E-state index in [0.29, 0.717) is 35.6 Å². The second-order valence-electron chi connectivity index (χ2n) is 4.46. The maximum atomic E-state index is 12.5. The monoisotopic (exact) mass is 476 g/mol. The fraction of sp³-hybridized carbons (Fsp3) is 0.500. The fourth-order valence-electron chi connectivity index (χ4n) is 1.63. The lowest BCUT2D eigenvalue weighted by Crippen LogP contribution is -2.37. The van der Waals surface area contributed by atoms with Gasteiger partial charge in [0.15, 0.2) is 17.5 Å². The van der Waals surface area contributed by atoms with E-state index in [0.717, 1.165) is 16.7 Å². The highest BCUT2D eigenvalue weighted by molar-refractivity contribution is 14.0. The van der Waals surface area contributed by atoms with Gasteiger partial charge in [-0.25, -0.2) is 4.98 Å². The number of nitrogens with zero attached hydrogens (tertiary/aromatic N) is 4. The molecule has 0 atom stereocenters. The molecule has 0 saturated carbocycles. The minimum absolute atomic E-state index is 0. The highest BCUT2D eigenvalue weighted by Crippen LogP contribution is 2.29. The van der Waals surface area contributed by atoms with Crippen LogP contribution in [0.25, 0.3) is 0 Å². The molecule has 2 aromatic rings. The maximum absolute atomic E-state index is 12.5. The molecule has 2 aromatic heterocycles. The van der Waals surface area contributed by atoms with Crippen LogP contribution in [0.4, 0.5) is 13.2 Å². The van der Waals surface area contributed by atoms with Crippen LogP contribution in [-0.2, 0) is 19.1 Å². The van der Waals surface area contributed by atoms with Crippen LogP contribution >= 0.6 is 35.3 Å². The normalized spacial score (nSPS) is 12.0. The van der Waals surface area contributed by atoms with E-state index in [-0.39, 0.29) is 30.5 Å². The zero-order chi connectivity index (χ0) is 16.9. The summed E-state index contributed by atoms with van der Waals surface area (Å²) in [6, 6.07) is 0. The smallest absolute Gasteiger partial charge is 0.356 e. The van der Waals surface area contributed by atoms with Crippen molar-refractivity contribution in [3.05, 3.63) is 27.8 Å². The first kappa shape index (κ1) is 20.6. The quantitative estimate of drug-likeness (QED) is 0.392. The van der Waals surface area contributed by atoms with Gasteiger partial charge in [-0.2, -0.15) is 18.2 Å². The number of aryl methyl sites for hydroxylation is 1. The molecule has 24 heavy (non-hydrogen) atoms. The van der Waals surface area contributed by atoms with Crippen LogP contribution in [0.5, 0.6) is 0 Å². The molecule has 0 spiro atoms. The van der Waals surface area contributed by atoms with Crippen LogP contribution in [0.15, 0.2) is 14.9 Å². The summed E-state index contributed by atoms with van der Waals surface area (Å²) < 4.78 is 42.4. The van der Waals surface area contributed by atoms with E-state index in [1.165, 1.54) is 0 Å². The SMILES string of the molecule is CN=C(NCCc1nc(C)no1)NCc1nc(C(F)(F)F)cs1.I. The van der Waals surface area contributed by atoms with Gasteiger partial charge < -0.3 is 15.2 Å². The van der Waals surface area contributed by atoms with Gasteiger partial charge in [0.2, 0.25) is 5.89 Å². The van der Waals surface area contributed by atoms with Gasteiger partial charge in [0, 0.05) is 25.4 Å². The van der Waals surface area contributed by atoms with E-state index in [9.17, 15) is 13.2 Å². The zero-order valence-electron chi connectivity index (χ0n) is 12.8. The molecule has 134 valence electrons. The molecule has 0 aliphatic carbocycles. The summed E-state index contributed by atoms with van der Waals surface area (Å²) in [5.74, 6) is 1.51. The molecule has 2 rings (SSSR count). The molecule has 7 nitrogen and oxygen atoms in total. The highest BCUT2D eigenvalue weighted by atomic mass is 127. The Morgan fingerprint density at radius 1 is 1.33 bits per heavy atom. The van der Waals surface area contributed by atoms with Gasteiger partial charge in [-0.15, -0.1) is 35.3 Å². The third kappa shape index (κ3) is 6.22. The first-order chi connectivity index (χ1) is 10.9. The lowest BCUT2D eigenvalue weighted by Gasteiger charge is -2.09. The summed E-state index contributed by atoms with van der Waals surface area (Å²) in [4.78, 5) is 11.6. The lowest BCUT2D eigenvalue weighted by molar-refractivity contribution is -0.140. The number of aliphatic imine (C=N–C) groups is 1. The molecule has 0 amide bonds. The molecule has 2 N–H and O–H groups in total. The Balaban J connectivity index is 0.00000288. The predicted molar refractivity (Wildman–Crippen MR) is 93.5 cm³/mol. The second-order valence-corrected chi connectivity index (χ2v) is 5.40. The summed E-state index contributed by atoms with van der Waals surface area (Å²) >= 11 is 0.943. The first-order valence-electron chi connectivity index (χ1n) is 6.64. The highest BCUT2D eigenvalue weighted by Gasteiger charge is 2.33. The molecule has 0 aliphatic heterocycles. The number of rotatable bonds is 5. The van der Waals surface area contributed by atoms with Crippen molar-refractivity contribution in [2.75, 3.05) is 13.6 Å². The van der Waals surface area contributed by atoms with E-state index in [4.69, 9.17) is 4.52 Å². The van der Waals surface area contributed by atoms with Crippen LogP contribution in [-0.4, -0.2) is 34.7 Å². The van der Waals surface area contributed by atoms with Crippen LogP contribution in [0, 0.1) is 6.92 Å². The van der Waals surface area contributed by atoms with Crippen molar-refractivity contribution in [2.45, 2.75) is 26.1 Å². The van der Waals surface area contributed by atoms with Crippen molar-refractivity contribution in [1.82, 2.24) is 25.8 Å². The Morgan fingerprint density at radius 2 is 2.08 bits per heavy atom. The van der Waals surface area contributed by atoms with E-state index in [2.05, 4.69) is 30.8 Å². The number of aromatic nitrogens is 3. The van der Waals surface area contributed by atoms with Crippen molar-refractivity contribution >= 4 is 41.3 Å². The Labute approximate surface area is 157 Å². The van der Waals surface area contributed by atoms with Crippen LogP contribution in [0.3, 0.4) is 0 Å². The van der Waals surface area contributed by atoms with Crippen LogP contribution in [0.2, 0.25) is 0 Å². The van der Waals surface area contributed by atoms with E-state index < -0.39 is 11.9 Å². The molecule has 0 saturated heterocycles. The number of thiazole rings is 1. The predicted octanol–water partition coefficient (Wildman–Crippen LogP) is 2.38. The summed E-state index contributed by atoms with van der Waals surface area (Å²) in [6.07, 6.45) is -3.91. The average Bonchev–Trinajstić information content (AvgIpc) is 3.11. The molecule has 0 bridgehead atoms. The standard InChI is InChI=1S/C12H15F3N6OS.HI/c1-7-19-9(22-21-7)3-4-17-11(16-2)18-5-10-20-8(6-23-10)12(13,14)15;/h6H,3-5H2,1-2H3,(H2,16,17,18);1H. The number of halogens is 4. The number of guanidine groups is 1. The molecular weight excluding hydrogens is 460 g/mol. The minimum atomic E-state index is -4.42. The molecule has 0 radical (unpaired) electrons. The third-order valence-electron chi connectivity index (χ3n) is 2.67. The summed E-state index contributed by atoms with van der Waals surface area (Å²) in [6.45, 7) is 2.37. The number of hydrogen-bond acceptors (Lipinski definition) is 6. The Hall–Kier alpha value is -1.44. The summed E-state index contributed by atoms with van der Waals surface area (Å²) in [7, 11) is 1.56. The van der Waals surface area contributed by atoms with Crippen LogP contribution in [0.1, 0.15) is 22.4 Å². The molecule has 0 unspecified atom stereocenters. The van der Waals surface area contributed by atoms with Gasteiger partial charge in [-0.05, 0) is 6.92 Å². The number of nitrogens with one attached hydrogen (secondary N) is 2. The molecule has 2 heterocycles. The van der Waals surface area contributed by atoms with Gasteiger partial charge in [0.25, 0.3) is 0 Å². The number of alkyl halides is 3. The lowest BCUT2D eigenvalue weighted by atomic mass is 10.4. The molecular formula is C12H16F3IN6OS. The average molecular weight is 476 g/mol. The van der Waals surface area contributed by atoms with Gasteiger partial charge >= 0.3 is 6.18 Å². The molecule has 0 aliphatic rings.